The molecule has 2 atom stereocenters. The van der Waals surface area contributed by atoms with Crippen molar-refractivity contribution in [2.75, 3.05) is 0 Å². The summed E-state index contributed by atoms with van der Waals surface area (Å²) in [5.74, 6) is 1.39. The molecule has 0 saturated carbocycles. The van der Waals surface area contributed by atoms with Crippen LogP contribution in [0.3, 0.4) is 0 Å². The maximum absolute atomic E-state index is 6.00. The van der Waals surface area contributed by atoms with Crippen molar-refractivity contribution in [2.24, 2.45) is 0 Å². The minimum absolute atomic E-state index is 0.695. The van der Waals surface area contributed by atoms with Crippen molar-refractivity contribution in [3.05, 3.63) is 35.4 Å². The Bertz CT molecular complexity index is 255. The summed E-state index contributed by atoms with van der Waals surface area (Å²) in [6, 6.07) is 8.89. The van der Waals surface area contributed by atoms with Crippen molar-refractivity contribution in [1.29, 1.82) is 0 Å². The first-order chi connectivity index (χ1) is 7.70. The van der Waals surface area contributed by atoms with Gasteiger partial charge in [-0.25, -0.2) is 0 Å². The predicted molar refractivity (Wildman–Crippen MR) is 69.1 cm³/mol. The third kappa shape index (κ3) is 3.95. The van der Waals surface area contributed by atoms with Crippen LogP contribution in [0.1, 0.15) is 63.5 Å². The molecule has 92 valence electrons. The van der Waals surface area contributed by atoms with Gasteiger partial charge in [0.2, 0.25) is 0 Å². The van der Waals surface area contributed by atoms with E-state index in [4.69, 9.17) is 10.5 Å². The molecule has 2 unspecified atom stereocenters. The van der Waals surface area contributed by atoms with Gasteiger partial charge in [0.15, 0.2) is 0 Å². The van der Waals surface area contributed by atoms with Crippen molar-refractivity contribution in [2.45, 2.75) is 52.4 Å². The van der Waals surface area contributed by atoms with E-state index in [-0.39, 0.29) is 0 Å². The van der Waals surface area contributed by atoms with Crippen molar-refractivity contribution >= 4 is 0 Å². The summed E-state index contributed by atoms with van der Waals surface area (Å²) in [5.41, 5.74) is 3.09. The molecule has 1 rings (SSSR count). The van der Waals surface area contributed by atoms with Crippen LogP contribution in [0.15, 0.2) is 24.3 Å². The highest BCUT2D eigenvalue weighted by Gasteiger charge is 2.11. The molecule has 2 heteroatoms. The zero-order valence-electron chi connectivity index (χ0n) is 10.8. The molecule has 0 aliphatic heterocycles. The molecule has 0 bridgehead atoms. The second-order valence-corrected chi connectivity index (χ2v) is 4.25. The van der Waals surface area contributed by atoms with Gasteiger partial charge in [-0.3, -0.25) is 10.5 Å². The Morgan fingerprint density at radius 3 is 1.44 bits per heavy atom. The number of rotatable bonds is 4. The van der Waals surface area contributed by atoms with E-state index in [1.54, 1.807) is 11.1 Å². The van der Waals surface area contributed by atoms with Gasteiger partial charge in [-0.05, 0) is 35.8 Å². The Balaban J connectivity index is 0.00000106. The fourth-order valence-electron chi connectivity index (χ4n) is 1.85. The van der Waals surface area contributed by atoms with Gasteiger partial charge in [0.25, 0.3) is 0 Å². The van der Waals surface area contributed by atoms with Crippen LogP contribution < -0.4 is 0 Å². The van der Waals surface area contributed by atoms with E-state index in [1.807, 2.05) is 0 Å². The molecule has 0 spiro atoms. The van der Waals surface area contributed by atoms with Gasteiger partial charge in [-0.15, -0.1) is 0 Å². The van der Waals surface area contributed by atoms with Crippen LogP contribution in [-0.4, -0.2) is 10.5 Å². The standard InChI is InChI=1S/C14H22.H2O2/c1-5-11(3)13-9-7-8-10-14(13)12(4)6-2;1-2/h7-12H,5-6H2,1-4H3;1-2H. The Morgan fingerprint density at radius 1 is 0.875 bits per heavy atom. The molecule has 2 N–H and O–H groups in total. The summed E-state index contributed by atoms with van der Waals surface area (Å²) in [6.45, 7) is 9.17. The van der Waals surface area contributed by atoms with Gasteiger partial charge in [-0.1, -0.05) is 52.0 Å². The highest BCUT2D eigenvalue weighted by Crippen LogP contribution is 2.29. The number of hydrogen-bond acceptors (Lipinski definition) is 2. The van der Waals surface area contributed by atoms with Crippen LogP contribution in [0, 0.1) is 0 Å². The molecule has 2 nitrogen and oxygen atoms in total. The van der Waals surface area contributed by atoms with E-state index >= 15 is 0 Å². The molecule has 0 fully saturated rings. The van der Waals surface area contributed by atoms with E-state index < -0.39 is 0 Å². The van der Waals surface area contributed by atoms with E-state index in [1.165, 1.54) is 12.8 Å². The van der Waals surface area contributed by atoms with Crippen LogP contribution in [0.2, 0.25) is 0 Å². The Kier molecular flexibility index (Phi) is 7.86. The molecule has 0 aliphatic rings. The molecule has 1 aromatic carbocycles. The summed E-state index contributed by atoms with van der Waals surface area (Å²) >= 11 is 0. The predicted octanol–water partition coefficient (Wildman–Crippen LogP) is 4.73. The van der Waals surface area contributed by atoms with Crippen molar-refractivity contribution in [3.8, 4) is 0 Å². The van der Waals surface area contributed by atoms with Gasteiger partial charge in [0, 0.05) is 0 Å². The summed E-state index contributed by atoms with van der Waals surface area (Å²) in [4.78, 5) is 0. The highest BCUT2D eigenvalue weighted by molar-refractivity contribution is 5.32. The first-order valence-electron chi connectivity index (χ1n) is 5.99. The molecule has 16 heavy (non-hydrogen) atoms. The Hall–Kier alpha value is -0.860. The molecule has 0 saturated heterocycles. The SMILES string of the molecule is CCC(C)c1ccccc1C(C)CC.OO. The quantitative estimate of drug-likeness (QED) is 0.573. The van der Waals surface area contributed by atoms with Crippen LogP contribution in [0.5, 0.6) is 0 Å². The minimum Gasteiger partial charge on any atom is -0.255 e. The summed E-state index contributed by atoms with van der Waals surface area (Å²) < 4.78 is 0. The summed E-state index contributed by atoms with van der Waals surface area (Å²) in [7, 11) is 0. The van der Waals surface area contributed by atoms with E-state index in [0.717, 1.165) is 0 Å². The first kappa shape index (κ1) is 15.1. The normalized spacial score (nSPS) is 13.6. The van der Waals surface area contributed by atoms with Gasteiger partial charge in [-0.2, -0.15) is 0 Å². The molecule has 1 aromatic rings. The molecule has 0 aliphatic carbocycles. The average Bonchev–Trinajstić information content (AvgIpc) is 2.39. The Labute approximate surface area is 98.9 Å². The monoisotopic (exact) mass is 224 g/mol. The number of hydrogen-bond donors (Lipinski definition) is 2. The lowest BCUT2D eigenvalue weighted by molar-refractivity contribution is -0.176. The molecule has 0 aromatic heterocycles. The molecule has 0 heterocycles. The Morgan fingerprint density at radius 2 is 1.19 bits per heavy atom. The zero-order valence-corrected chi connectivity index (χ0v) is 10.8. The second kappa shape index (κ2) is 8.31. The van der Waals surface area contributed by atoms with Gasteiger partial charge in [0.05, 0.1) is 0 Å². The number of benzene rings is 1. The second-order valence-electron chi connectivity index (χ2n) is 4.25. The first-order valence-corrected chi connectivity index (χ1v) is 5.99. The smallest absolute Gasteiger partial charge is 0.0190 e. The van der Waals surface area contributed by atoms with Crippen LogP contribution in [0.25, 0.3) is 0 Å². The van der Waals surface area contributed by atoms with Crippen molar-refractivity contribution < 1.29 is 10.5 Å². The molecule has 0 radical (unpaired) electrons. The minimum atomic E-state index is 0.695. The third-order valence-electron chi connectivity index (χ3n) is 3.28. The van der Waals surface area contributed by atoms with Crippen LogP contribution >= 0.6 is 0 Å². The molecule has 0 amide bonds. The van der Waals surface area contributed by atoms with Gasteiger partial charge < -0.3 is 0 Å². The molecular weight excluding hydrogens is 200 g/mol. The zero-order chi connectivity index (χ0) is 12.6. The fourth-order valence-corrected chi connectivity index (χ4v) is 1.85. The molecular formula is C14H24O2. The largest absolute Gasteiger partial charge is 0.255 e. The van der Waals surface area contributed by atoms with Crippen LogP contribution in [-0.2, 0) is 0 Å². The summed E-state index contributed by atoms with van der Waals surface area (Å²) in [6.07, 6.45) is 2.46. The lowest BCUT2D eigenvalue weighted by atomic mass is 9.87. The van der Waals surface area contributed by atoms with Gasteiger partial charge in [0.1, 0.15) is 0 Å². The van der Waals surface area contributed by atoms with Crippen molar-refractivity contribution in [3.63, 3.8) is 0 Å². The van der Waals surface area contributed by atoms with E-state index in [9.17, 15) is 0 Å². The van der Waals surface area contributed by atoms with Crippen molar-refractivity contribution in [1.82, 2.24) is 0 Å². The van der Waals surface area contributed by atoms with Gasteiger partial charge >= 0.3 is 0 Å². The summed E-state index contributed by atoms with van der Waals surface area (Å²) in [5, 5.41) is 12.0. The third-order valence-corrected chi connectivity index (χ3v) is 3.28. The lowest BCUT2D eigenvalue weighted by Gasteiger charge is -2.18. The lowest BCUT2D eigenvalue weighted by Crippen LogP contribution is -2.01. The maximum Gasteiger partial charge on any atom is -0.0190 e. The fraction of sp³-hybridized carbons (Fsp3) is 0.571. The van der Waals surface area contributed by atoms with E-state index in [2.05, 4.69) is 52.0 Å². The average molecular weight is 224 g/mol. The highest BCUT2D eigenvalue weighted by atomic mass is 17.0. The maximum atomic E-state index is 6.00. The van der Waals surface area contributed by atoms with Crippen LogP contribution in [0.4, 0.5) is 0 Å². The topological polar surface area (TPSA) is 40.5 Å². The van der Waals surface area contributed by atoms with E-state index in [0.29, 0.717) is 11.8 Å².